The average Bonchev–Trinajstić information content (AvgIpc) is 3.48. The van der Waals surface area contributed by atoms with Crippen LogP contribution in [-0.4, -0.2) is 28.8 Å². The summed E-state index contributed by atoms with van der Waals surface area (Å²) in [4.78, 5) is 33.1. The van der Waals surface area contributed by atoms with Gasteiger partial charge in [-0.2, -0.15) is 0 Å². The Labute approximate surface area is 234 Å². The second-order valence-electron chi connectivity index (χ2n) is 9.42. The molecule has 1 aliphatic heterocycles. The van der Waals surface area contributed by atoms with Gasteiger partial charge in [0.15, 0.2) is 4.80 Å². The summed E-state index contributed by atoms with van der Waals surface area (Å²) >= 11 is 1.31. The van der Waals surface area contributed by atoms with Gasteiger partial charge in [0.1, 0.15) is 5.75 Å². The summed E-state index contributed by atoms with van der Waals surface area (Å²) in [5, 5.41) is 1.06. The molecule has 40 heavy (non-hydrogen) atoms. The van der Waals surface area contributed by atoms with E-state index in [9.17, 15) is 9.59 Å². The summed E-state index contributed by atoms with van der Waals surface area (Å²) in [6.07, 6.45) is 3.93. The van der Waals surface area contributed by atoms with Gasteiger partial charge < -0.3 is 14.0 Å². The predicted molar refractivity (Wildman–Crippen MR) is 157 cm³/mol. The number of aryl methyl sites for hydroxylation is 1. The molecule has 5 aromatic rings. The zero-order valence-electron chi connectivity index (χ0n) is 22.3. The highest BCUT2D eigenvalue weighted by Crippen LogP contribution is 2.35. The number of para-hydroxylation sites is 1. The number of aromatic nitrogens is 2. The average molecular weight is 550 g/mol. The number of esters is 1. The summed E-state index contributed by atoms with van der Waals surface area (Å²) in [6, 6.07) is 24.3. The van der Waals surface area contributed by atoms with Gasteiger partial charge in [0, 0.05) is 35.3 Å². The molecule has 0 aliphatic carbocycles. The standard InChI is InChI=1S/C32H27N3O4S/c1-4-39-31(37)27-28(20-10-6-5-7-11-20)33-32-35(29(27)21-14-16-23(38-3)17-15-21)30(36)26(40-32)18-22-19-34(2)25-13-9-8-12-24(22)25/h5-19,29H,4H2,1-3H3/b26-18-. The lowest BCUT2D eigenvalue weighted by molar-refractivity contribution is -0.138. The van der Waals surface area contributed by atoms with E-state index in [0.717, 1.165) is 27.6 Å². The van der Waals surface area contributed by atoms with Gasteiger partial charge in [-0.15, -0.1) is 0 Å². The van der Waals surface area contributed by atoms with Gasteiger partial charge in [0.25, 0.3) is 5.56 Å². The number of carbonyl (C=O) groups is 1. The molecule has 0 saturated carbocycles. The highest BCUT2D eigenvalue weighted by atomic mass is 32.1. The number of carbonyl (C=O) groups excluding carboxylic acids is 1. The van der Waals surface area contributed by atoms with Crippen LogP contribution in [0, 0.1) is 0 Å². The minimum Gasteiger partial charge on any atom is -0.497 e. The van der Waals surface area contributed by atoms with Crippen molar-refractivity contribution in [2.75, 3.05) is 13.7 Å². The molecule has 0 saturated heterocycles. The minimum absolute atomic E-state index is 0.200. The van der Waals surface area contributed by atoms with Crippen LogP contribution in [-0.2, 0) is 16.6 Å². The molecule has 0 bridgehead atoms. The SMILES string of the molecule is CCOC(=O)C1=C(c2ccccc2)N=c2s/c(=C\c3cn(C)c4ccccc34)c(=O)n2C1c1ccc(OC)cc1. The monoisotopic (exact) mass is 549 g/mol. The van der Waals surface area contributed by atoms with Gasteiger partial charge in [0.2, 0.25) is 0 Å². The van der Waals surface area contributed by atoms with Gasteiger partial charge in [0.05, 0.1) is 35.6 Å². The van der Waals surface area contributed by atoms with E-state index < -0.39 is 12.0 Å². The highest BCUT2D eigenvalue weighted by molar-refractivity contribution is 7.07. The van der Waals surface area contributed by atoms with Crippen LogP contribution in [0.5, 0.6) is 5.75 Å². The number of fused-ring (bicyclic) bond motifs is 2. The minimum atomic E-state index is -0.730. The Morgan fingerprint density at radius 1 is 1.02 bits per heavy atom. The number of benzene rings is 3. The summed E-state index contributed by atoms with van der Waals surface area (Å²) < 4.78 is 15.1. The van der Waals surface area contributed by atoms with Crippen LogP contribution >= 0.6 is 11.3 Å². The molecular formula is C32H27N3O4S. The number of hydrogen-bond donors (Lipinski definition) is 0. The molecule has 1 atom stereocenters. The second kappa shape index (κ2) is 10.5. The maximum absolute atomic E-state index is 14.1. The molecule has 0 amide bonds. The Bertz CT molecular complexity index is 1950. The summed E-state index contributed by atoms with van der Waals surface area (Å²) in [7, 11) is 3.59. The van der Waals surface area contributed by atoms with E-state index in [-0.39, 0.29) is 12.2 Å². The summed E-state index contributed by atoms with van der Waals surface area (Å²) in [5.41, 5.74) is 4.15. The van der Waals surface area contributed by atoms with Gasteiger partial charge in [-0.05, 0) is 36.8 Å². The Kier molecular flexibility index (Phi) is 6.69. The van der Waals surface area contributed by atoms with Crippen molar-refractivity contribution in [2.24, 2.45) is 12.0 Å². The molecule has 0 fully saturated rings. The Hall–Kier alpha value is -4.69. The third-order valence-electron chi connectivity index (χ3n) is 7.02. The second-order valence-corrected chi connectivity index (χ2v) is 10.4. The first kappa shape index (κ1) is 25.6. The number of rotatable bonds is 6. The van der Waals surface area contributed by atoms with Gasteiger partial charge >= 0.3 is 5.97 Å². The molecule has 0 spiro atoms. The lowest BCUT2D eigenvalue weighted by Crippen LogP contribution is -2.40. The van der Waals surface area contributed by atoms with Crippen LogP contribution in [0.15, 0.2) is 100 Å². The van der Waals surface area contributed by atoms with E-state index in [4.69, 9.17) is 14.5 Å². The van der Waals surface area contributed by atoms with Crippen molar-refractivity contribution in [1.29, 1.82) is 0 Å². The maximum Gasteiger partial charge on any atom is 0.338 e. The van der Waals surface area contributed by atoms with E-state index in [2.05, 4.69) is 6.07 Å². The quantitative estimate of drug-likeness (QED) is 0.294. The van der Waals surface area contributed by atoms with E-state index in [1.54, 1.807) is 18.6 Å². The molecule has 1 aliphatic rings. The first-order valence-corrected chi connectivity index (χ1v) is 13.8. The topological polar surface area (TPSA) is 74.8 Å². The zero-order chi connectivity index (χ0) is 27.8. The lowest BCUT2D eigenvalue weighted by atomic mass is 9.93. The van der Waals surface area contributed by atoms with Crippen molar-refractivity contribution in [1.82, 2.24) is 9.13 Å². The molecule has 0 N–H and O–H groups in total. The number of nitrogens with zero attached hydrogens (tertiary/aromatic N) is 3. The van der Waals surface area contributed by atoms with Crippen LogP contribution in [0.3, 0.4) is 0 Å². The number of thiazole rings is 1. The largest absolute Gasteiger partial charge is 0.497 e. The smallest absolute Gasteiger partial charge is 0.338 e. The molecule has 8 heteroatoms. The van der Waals surface area contributed by atoms with E-state index in [1.807, 2.05) is 96.7 Å². The number of ether oxygens (including phenoxy) is 2. The van der Waals surface area contributed by atoms with Crippen LogP contribution in [0.1, 0.15) is 29.7 Å². The van der Waals surface area contributed by atoms with Gasteiger partial charge in [-0.3, -0.25) is 9.36 Å². The molecule has 7 nitrogen and oxygen atoms in total. The fourth-order valence-electron chi connectivity index (χ4n) is 5.17. The maximum atomic E-state index is 14.1. The van der Waals surface area contributed by atoms with Crippen LogP contribution in [0.25, 0.3) is 22.7 Å². The summed E-state index contributed by atoms with van der Waals surface area (Å²) in [6.45, 7) is 1.97. The van der Waals surface area contributed by atoms with Crippen molar-refractivity contribution < 1.29 is 14.3 Å². The van der Waals surface area contributed by atoms with Crippen molar-refractivity contribution in [2.45, 2.75) is 13.0 Å². The van der Waals surface area contributed by atoms with Crippen LogP contribution < -0.4 is 19.6 Å². The molecule has 2 aromatic heterocycles. The predicted octanol–water partition coefficient (Wildman–Crippen LogP) is 4.44. The van der Waals surface area contributed by atoms with Crippen LogP contribution in [0.2, 0.25) is 0 Å². The Balaban J connectivity index is 1.65. The van der Waals surface area contributed by atoms with E-state index in [1.165, 1.54) is 11.3 Å². The Morgan fingerprint density at radius 3 is 2.48 bits per heavy atom. The van der Waals surface area contributed by atoms with Crippen LogP contribution in [0.4, 0.5) is 0 Å². The fraction of sp³-hybridized carbons (Fsp3) is 0.156. The van der Waals surface area contributed by atoms with Gasteiger partial charge in [-0.25, -0.2) is 9.79 Å². The molecule has 3 aromatic carbocycles. The van der Waals surface area contributed by atoms with Crippen molar-refractivity contribution >= 4 is 40.0 Å². The number of methoxy groups -OCH3 is 1. The van der Waals surface area contributed by atoms with Gasteiger partial charge in [-0.1, -0.05) is 72.0 Å². The Morgan fingerprint density at radius 2 is 1.75 bits per heavy atom. The molecule has 1 unspecified atom stereocenters. The molecule has 0 radical (unpaired) electrons. The van der Waals surface area contributed by atoms with Crippen molar-refractivity contribution in [3.05, 3.63) is 127 Å². The molecule has 6 rings (SSSR count). The molecular weight excluding hydrogens is 522 g/mol. The zero-order valence-corrected chi connectivity index (χ0v) is 23.1. The van der Waals surface area contributed by atoms with Crippen molar-refractivity contribution in [3.63, 3.8) is 0 Å². The van der Waals surface area contributed by atoms with E-state index >= 15 is 0 Å². The number of hydrogen-bond acceptors (Lipinski definition) is 6. The summed E-state index contributed by atoms with van der Waals surface area (Å²) in [5.74, 6) is 0.173. The normalized spacial score (nSPS) is 15.2. The molecule has 3 heterocycles. The van der Waals surface area contributed by atoms with E-state index in [0.29, 0.717) is 26.4 Å². The molecule has 200 valence electrons. The highest BCUT2D eigenvalue weighted by Gasteiger charge is 2.35. The van der Waals surface area contributed by atoms with Crippen molar-refractivity contribution in [3.8, 4) is 5.75 Å². The first-order valence-electron chi connectivity index (χ1n) is 13.0. The first-order chi connectivity index (χ1) is 19.5. The lowest BCUT2D eigenvalue weighted by Gasteiger charge is -2.26. The fourth-order valence-corrected chi connectivity index (χ4v) is 6.16. The third-order valence-corrected chi connectivity index (χ3v) is 8.00. The third kappa shape index (κ3) is 4.36.